The molecule has 0 bridgehead atoms. The minimum absolute atomic E-state index is 0.0942. The number of hydrogen-bond donors (Lipinski definition) is 5. The molecule has 16 nitrogen and oxygen atoms in total. The van der Waals surface area contributed by atoms with Crippen LogP contribution in [0.3, 0.4) is 0 Å². The molecular weight excluding hydrogens is 808 g/mol. The average molecular weight is 881 g/mol. The van der Waals surface area contributed by atoms with Crippen LogP contribution in [0.15, 0.2) is 24.3 Å². The van der Waals surface area contributed by atoms with Crippen LogP contribution in [0.1, 0.15) is 129 Å². The zero-order valence-electron chi connectivity index (χ0n) is 39.4. The molecule has 0 saturated heterocycles. The Kier molecular flexibility index (Phi) is 20.5. The Morgan fingerprint density at radius 1 is 0.710 bits per heavy atom. The van der Waals surface area contributed by atoms with Gasteiger partial charge in [0.2, 0.25) is 17.7 Å². The molecule has 1 rings (SSSR count). The summed E-state index contributed by atoms with van der Waals surface area (Å²) in [4.78, 5) is 94.7. The molecule has 7 atom stereocenters. The lowest BCUT2D eigenvalue weighted by atomic mass is 9.76. The molecule has 62 heavy (non-hydrogen) atoms. The van der Waals surface area contributed by atoms with Gasteiger partial charge in [0.1, 0.15) is 29.5 Å². The molecule has 1 aromatic carbocycles. The molecule has 17 heteroatoms. The van der Waals surface area contributed by atoms with Crippen LogP contribution < -0.4 is 21.7 Å². The van der Waals surface area contributed by atoms with Gasteiger partial charge in [0, 0.05) is 12.8 Å². The highest BCUT2D eigenvalue weighted by atomic mass is 19.1. The Morgan fingerprint density at radius 2 is 1.23 bits per heavy atom. The smallest absolute Gasteiger partial charge is 0.326 e. The van der Waals surface area contributed by atoms with Crippen molar-refractivity contribution in [3.63, 3.8) is 0 Å². The summed E-state index contributed by atoms with van der Waals surface area (Å²) in [5.74, 6) is -8.13. The second-order valence-electron chi connectivity index (χ2n) is 20.0. The van der Waals surface area contributed by atoms with Gasteiger partial charge in [0.05, 0.1) is 59.9 Å². The zero-order chi connectivity index (χ0) is 48.2. The van der Waals surface area contributed by atoms with E-state index in [1.807, 2.05) is 0 Å². The molecule has 1 aromatic rings. The van der Waals surface area contributed by atoms with E-state index in [1.165, 1.54) is 25.1 Å². The molecule has 0 saturated carbocycles. The summed E-state index contributed by atoms with van der Waals surface area (Å²) >= 11 is 0. The topological polar surface area (TPSA) is 239 Å². The quantitative estimate of drug-likeness (QED) is 0.0962. The Bertz CT molecular complexity index is 1730. The number of nitrogens with one attached hydrogen (secondary N) is 3. The van der Waals surface area contributed by atoms with Crippen molar-refractivity contribution >= 4 is 41.2 Å². The number of benzene rings is 1. The summed E-state index contributed by atoms with van der Waals surface area (Å²) in [7, 11) is 0. The number of halogens is 1. The fraction of sp³-hybridized carbons (Fsp3) is 0.711. The van der Waals surface area contributed by atoms with Crippen LogP contribution in [0, 0.1) is 17.2 Å². The summed E-state index contributed by atoms with van der Waals surface area (Å²) in [5.41, 5.74) is 0.575. The van der Waals surface area contributed by atoms with E-state index in [0.717, 1.165) is 0 Å². The predicted molar refractivity (Wildman–Crippen MR) is 230 cm³/mol. The third-order valence-corrected chi connectivity index (χ3v) is 9.09. The molecular formula is C45H73FN4O12. The number of esters is 1. The van der Waals surface area contributed by atoms with Crippen LogP contribution in [-0.4, -0.2) is 112 Å². The van der Waals surface area contributed by atoms with Gasteiger partial charge in [0.25, 0.3) is 0 Å². The van der Waals surface area contributed by atoms with Crippen molar-refractivity contribution in [3.05, 3.63) is 35.6 Å². The SMILES string of the molecule is C[C@@H](OC(C)(C)C)[C@H](NC(=O)CN)C(=O)C[C@@](C)(Cc1ccccc1F)C(=O)N[C@H](C(=O)C[C@@H](COC(C)(C)C)C(=O)N[C@@H](CC(=O)OC(C)(C)C)C(=O)O)[C@@H](C)OC(C)(C)C. The minimum atomic E-state index is -1.77. The van der Waals surface area contributed by atoms with Crippen molar-refractivity contribution in [1.82, 2.24) is 16.0 Å². The standard InChI is InChI=1S/C45H73FN4O12/c1-26(60-42(6,7)8)36(32(51)20-29(25-59-41(3,4)5)38(55)48-31(39(56)57)21-35(54)62-44(12,13)14)50-40(58)45(15,22-28-18-16-17-19-30(28)46)23-33(52)37(49-34(53)24-47)27(2)61-43(9,10)11/h16-19,26-27,29,31,36-37H,20-25,47H2,1-15H3,(H,48,55)(H,49,53)(H,50,58)(H,56,57)/t26-,27-,29+,31+,36+,37+,45-/m1/s1. The highest BCUT2D eigenvalue weighted by Gasteiger charge is 2.44. The first kappa shape index (κ1) is 55.7. The summed E-state index contributed by atoms with van der Waals surface area (Å²) in [6, 6.07) is 1.25. The monoisotopic (exact) mass is 881 g/mol. The van der Waals surface area contributed by atoms with Gasteiger partial charge < -0.3 is 45.7 Å². The third-order valence-electron chi connectivity index (χ3n) is 9.09. The number of rotatable bonds is 23. The number of nitrogens with two attached hydrogens (primary N) is 1. The molecule has 0 aliphatic rings. The molecule has 0 aliphatic carbocycles. The van der Waals surface area contributed by atoms with Crippen molar-refractivity contribution in [2.75, 3.05) is 13.2 Å². The van der Waals surface area contributed by atoms with E-state index in [4.69, 9.17) is 24.7 Å². The summed E-state index contributed by atoms with van der Waals surface area (Å²) in [6.45, 7) is 24.2. The molecule has 3 amide bonds. The maximum atomic E-state index is 15.3. The van der Waals surface area contributed by atoms with Crippen LogP contribution >= 0.6 is 0 Å². The van der Waals surface area contributed by atoms with Crippen molar-refractivity contribution < 1.29 is 62.0 Å². The van der Waals surface area contributed by atoms with Gasteiger partial charge >= 0.3 is 11.9 Å². The fourth-order valence-electron chi connectivity index (χ4n) is 6.49. The maximum absolute atomic E-state index is 15.3. The van der Waals surface area contributed by atoms with E-state index < -0.39 is 137 Å². The summed E-state index contributed by atoms with van der Waals surface area (Å²) in [6.07, 6.45) is -4.13. The molecule has 0 unspecified atom stereocenters. The molecule has 6 N–H and O–H groups in total. The number of carboxylic acid groups (broad SMARTS) is 1. The van der Waals surface area contributed by atoms with Gasteiger partial charge in [-0.3, -0.25) is 28.8 Å². The Hall–Kier alpha value is -4.32. The number of carboxylic acids is 1. The first-order valence-electron chi connectivity index (χ1n) is 20.9. The third kappa shape index (κ3) is 20.7. The summed E-state index contributed by atoms with van der Waals surface area (Å²) < 4.78 is 38.6. The predicted octanol–water partition coefficient (Wildman–Crippen LogP) is 4.36. The largest absolute Gasteiger partial charge is 0.480 e. The van der Waals surface area contributed by atoms with Crippen molar-refractivity contribution in [2.45, 2.75) is 182 Å². The number of ether oxygens (including phenoxy) is 4. The van der Waals surface area contributed by atoms with E-state index in [9.17, 15) is 38.7 Å². The van der Waals surface area contributed by atoms with Gasteiger partial charge in [-0.15, -0.1) is 0 Å². The van der Waals surface area contributed by atoms with Crippen molar-refractivity contribution in [3.8, 4) is 0 Å². The van der Waals surface area contributed by atoms with E-state index in [-0.39, 0.29) is 18.6 Å². The molecule has 0 fully saturated rings. The maximum Gasteiger partial charge on any atom is 0.326 e. The Labute approximate surface area is 366 Å². The normalized spacial score (nSPS) is 16.3. The Balaban J connectivity index is 3.79. The van der Waals surface area contributed by atoms with Gasteiger partial charge in [0.15, 0.2) is 11.6 Å². The van der Waals surface area contributed by atoms with Crippen LogP contribution in [0.25, 0.3) is 0 Å². The number of ketones is 2. The Morgan fingerprint density at radius 3 is 1.68 bits per heavy atom. The lowest BCUT2D eigenvalue weighted by Gasteiger charge is -2.36. The van der Waals surface area contributed by atoms with E-state index in [1.54, 1.807) is 103 Å². The number of carbonyl (C=O) groups excluding carboxylic acids is 6. The van der Waals surface area contributed by atoms with Crippen molar-refractivity contribution in [2.24, 2.45) is 17.1 Å². The number of carbonyl (C=O) groups is 7. The van der Waals surface area contributed by atoms with Crippen LogP contribution in [0.5, 0.6) is 0 Å². The highest BCUT2D eigenvalue weighted by molar-refractivity contribution is 5.98. The highest BCUT2D eigenvalue weighted by Crippen LogP contribution is 2.31. The second kappa shape index (κ2) is 22.9. The number of amides is 3. The second-order valence-corrected chi connectivity index (χ2v) is 20.0. The fourth-order valence-corrected chi connectivity index (χ4v) is 6.49. The van der Waals surface area contributed by atoms with Gasteiger partial charge in [-0.1, -0.05) is 25.1 Å². The molecule has 0 radical (unpaired) electrons. The number of aliphatic carboxylic acids is 1. The lowest BCUT2D eigenvalue weighted by Crippen LogP contribution is -2.57. The molecule has 0 aromatic heterocycles. The first-order chi connectivity index (χ1) is 28.1. The van der Waals surface area contributed by atoms with Crippen molar-refractivity contribution in [1.29, 1.82) is 0 Å². The number of Topliss-reactive ketones (excluding diaryl/α,β-unsaturated/α-hetero) is 2. The van der Waals surface area contributed by atoms with Gasteiger partial charge in [-0.2, -0.15) is 0 Å². The average Bonchev–Trinajstić information content (AvgIpc) is 3.08. The molecule has 352 valence electrons. The van der Waals surface area contributed by atoms with Crippen LogP contribution in [-0.2, 0) is 58.9 Å². The van der Waals surface area contributed by atoms with Gasteiger partial charge in [-0.05, 0) is 115 Å². The van der Waals surface area contributed by atoms with E-state index >= 15 is 4.39 Å². The van der Waals surface area contributed by atoms with E-state index in [0.29, 0.717) is 0 Å². The molecule has 0 spiro atoms. The zero-order valence-corrected chi connectivity index (χ0v) is 39.4. The number of hydrogen-bond acceptors (Lipinski definition) is 12. The minimum Gasteiger partial charge on any atom is -0.480 e. The lowest BCUT2D eigenvalue weighted by molar-refractivity contribution is -0.159. The van der Waals surface area contributed by atoms with Gasteiger partial charge in [-0.25, -0.2) is 9.18 Å². The van der Waals surface area contributed by atoms with E-state index in [2.05, 4.69) is 16.0 Å². The summed E-state index contributed by atoms with van der Waals surface area (Å²) in [5, 5.41) is 17.6. The van der Waals surface area contributed by atoms with Crippen LogP contribution in [0.4, 0.5) is 4.39 Å². The molecule has 0 aliphatic heterocycles. The van der Waals surface area contributed by atoms with Crippen LogP contribution in [0.2, 0.25) is 0 Å². The molecule has 0 heterocycles. The first-order valence-corrected chi connectivity index (χ1v) is 20.9.